The van der Waals surface area contributed by atoms with Crippen molar-refractivity contribution >= 4 is 5.69 Å². The molecule has 0 bridgehead atoms. The van der Waals surface area contributed by atoms with Gasteiger partial charge in [-0.3, -0.25) is 0 Å². The average Bonchev–Trinajstić information content (AvgIpc) is 2.37. The van der Waals surface area contributed by atoms with Gasteiger partial charge in [0.25, 0.3) is 0 Å². The standard InChI is InChI=1S/C15H24N2O/c1-11(2)9-16-10-15(18)14-8-7-12-5-3-4-6-13(12)17-14/h3-6,11,14-18H,7-10H2,1-2H3. The normalized spacial score (nSPS) is 20.3. The van der Waals surface area contributed by atoms with E-state index in [4.69, 9.17) is 0 Å². The smallest absolute Gasteiger partial charge is 0.0865 e. The molecular weight excluding hydrogens is 224 g/mol. The zero-order valence-corrected chi connectivity index (χ0v) is 11.3. The highest BCUT2D eigenvalue weighted by Crippen LogP contribution is 2.25. The van der Waals surface area contributed by atoms with Gasteiger partial charge in [0.15, 0.2) is 0 Å². The summed E-state index contributed by atoms with van der Waals surface area (Å²) in [6, 6.07) is 8.52. The summed E-state index contributed by atoms with van der Waals surface area (Å²) in [5.74, 6) is 0.622. The number of para-hydroxylation sites is 1. The third-order valence-electron chi connectivity index (χ3n) is 3.45. The first-order chi connectivity index (χ1) is 8.66. The topological polar surface area (TPSA) is 44.3 Å². The van der Waals surface area contributed by atoms with Gasteiger partial charge in [0, 0.05) is 12.2 Å². The number of aryl methyl sites for hydroxylation is 1. The second-order valence-electron chi connectivity index (χ2n) is 5.57. The molecule has 0 saturated heterocycles. The number of hydrogen-bond donors (Lipinski definition) is 3. The molecule has 1 aromatic carbocycles. The molecule has 0 radical (unpaired) electrons. The van der Waals surface area contributed by atoms with E-state index < -0.39 is 0 Å². The minimum Gasteiger partial charge on any atom is -0.390 e. The number of rotatable bonds is 5. The molecule has 1 heterocycles. The maximum atomic E-state index is 10.2. The molecule has 0 aromatic heterocycles. The summed E-state index contributed by atoms with van der Waals surface area (Å²) < 4.78 is 0. The number of benzene rings is 1. The minimum absolute atomic E-state index is 0.166. The van der Waals surface area contributed by atoms with Crippen LogP contribution >= 0.6 is 0 Å². The van der Waals surface area contributed by atoms with E-state index in [2.05, 4.69) is 42.7 Å². The molecule has 2 rings (SSSR count). The van der Waals surface area contributed by atoms with Gasteiger partial charge in [-0.2, -0.15) is 0 Å². The first kappa shape index (κ1) is 13.4. The molecule has 3 heteroatoms. The van der Waals surface area contributed by atoms with Crippen LogP contribution in [0.2, 0.25) is 0 Å². The Bertz CT molecular complexity index is 379. The van der Waals surface area contributed by atoms with Crippen LogP contribution in [0.4, 0.5) is 5.69 Å². The zero-order chi connectivity index (χ0) is 13.0. The van der Waals surface area contributed by atoms with Crippen molar-refractivity contribution in [1.29, 1.82) is 0 Å². The van der Waals surface area contributed by atoms with Crippen LogP contribution in [0.15, 0.2) is 24.3 Å². The molecule has 0 aliphatic carbocycles. The quantitative estimate of drug-likeness (QED) is 0.747. The SMILES string of the molecule is CC(C)CNCC(O)C1CCc2ccccc2N1. The van der Waals surface area contributed by atoms with Gasteiger partial charge in [0.2, 0.25) is 0 Å². The summed E-state index contributed by atoms with van der Waals surface area (Å²) in [4.78, 5) is 0. The molecule has 18 heavy (non-hydrogen) atoms. The molecule has 100 valence electrons. The Hall–Kier alpha value is -1.06. The van der Waals surface area contributed by atoms with Gasteiger partial charge < -0.3 is 15.7 Å². The number of anilines is 1. The van der Waals surface area contributed by atoms with Gasteiger partial charge >= 0.3 is 0 Å². The van der Waals surface area contributed by atoms with Crippen molar-refractivity contribution in [3.05, 3.63) is 29.8 Å². The number of aliphatic hydroxyl groups is 1. The van der Waals surface area contributed by atoms with Crippen molar-refractivity contribution < 1.29 is 5.11 Å². The number of aliphatic hydroxyl groups excluding tert-OH is 1. The molecule has 0 fully saturated rings. The first-order valence-corrected chi connectivity index (χ1v) is 6.90. The molecule has 0 amide bonds. The Morgan fingerprint density at radius 2 is 2.11 bits per heavy atom. The van der Waals surface area contributed by atoms with Crippen LogP contribution in [0, 0.1) is 5.92 Å². The summed E-state index contributed by atoms with van der Waals surface area (Å²) in [5.41, 5.74) is 2.53. The largest absolute Gasteiger partial charge is 0.390 e. The van der Waals surface area contributed by atoms with Crippen molar-refractivity contribution in [3.8, 4) is 0 Å². The highest BCUT2D eigenvalue weighted by Gasteiger charge is 2.23. The highest BCUT2D eigenvalue weighted by molar-refractivity contribution is 5.53. The fourth-order valence-electron chi connectivity index (χ4n) is 2.41. The Labute approximate surface area is 110 Å². The van der Waals surface area contributed by atoms with Crippen molar-refractivity contribution in [2.24, 2.45) is 5.92 Å². The number of fused-ring (bicyclic) bond motifs is 1. The Morgan fingerprint density at radius 3 is 2.89 bits per heavy atom. The lowest BCUT2D eigenvalue weighted by atomic mass is 9.95. The van der Waals surface area contributed by atoms with E-state index in [1.54, 1.807) is 0 Å². The van der Waals surface area contributed by atoms with Gasteiger partial charge in [0.1, 0.15) is 0 Å². The van der Waals surface area contributed by atoms with E-state index in [1.807, 2.05) is 6.07 Å². The summed E-state index contributed by atoms with van der Waals surface area (Å²) in [6.07, 6.45) is 1.73. The van der Waals surface area contributed by atoms with Crippen LogP contribution in [0.1, 0.15) is 25.8 Å². The molecule has 1 aliphatic rings. The Morgan fingerprint density at radius 1 is 1.33 bits per heavy atom. The zero-order valence-electron chi connectivity index (χ0n) is 11.3. The van der Waals surface area contributed by atoms with E-state index in [9.17, 15) is 5.11 Å². The van der Waals surface area contributed by atoms with Gasteiger partial charge in [-0.1, -0.05) is 32.0 Å². The summed E-state index contributed by atoms with van der Waals surface area (Å²) >= 11 is 0. The molecule has 0 spiro atoms. The van der Waals surface area contributed by atoms with Crippen LogP contribution in [-0.2, 0) is 6.42 Å². The predicted molar refractivity (Wildman–Crippen MR) is 75.9 cm³/mol. The lowest BCUT2D eigenvalue weighted by Gasteiger charge is -2.30. The van der Waals surface area contributed by atoms with Gasteiger partial charge in [-0.25, -0.2) is 0 Å². The van der Waals surface area contributed by atoms with Gasteiger partial charge in [0.05, 0.1) is 12.1 Å². The maximum absolute atomic E-state index is 10.2. The minimum atomic E-state index is -0.322. The lowest BCUT2D eigenvalue weighted by Crippen LogP contribution is -2.43. The molecular formula is C15H24N2O. The molecule has 1 aliphatic heterocycles. The predicted octanol–water partition coefficient (Wildman–Crippen LogP) is 2.02. The van der Waals surface area contributed by atoms with Crippen molar-refractivity contribution in [2.45, 2.75) is 38.8 Å². The van der Waals surface area contributed by atoms with Crippen LogP contribution in [0.3, 0.4) is 0 Å². The fourth-order valence-corrected chi connectivity index (χ4v) is 2.41. The third-order valence-corrected chi connectivity index (χ3v) is 3.45. The average molecular weight is 248 g/mol. The highest BCUT2D eigenvalue weighted by atomic mass is 16.3. The monoisotopic (exact) mass is 248 g/mol. The third kappa shape index (κ3) is 3.47. The summed E-state index contributed by atoms with van der Waals surface area (Å²) in [5, 5.41) is 16.9. The second-order valence-corrected chi connectivity index (χ2v) is 5.57. The van der Waals surface area contributed by atoms with E-state index >= 15 is 0 Å². The van der Waals surface area contributed by atoms with Crippen LogP contribution in [0.25, 0.3) is 0 Å². The van der Waals surface area contributed by atoms with Gasteiger partial charge in [-0.15, -0.1) is 0 Å². The van der Waals surface area contributed by atoms with Crippen molar-refractivity contribution in [3.63, 3.8) is 0 Å². The molecule has 3 nitrogen and oxygen atoms in total. The van der Waals surface area contributed by atoms with Crippen LogP contribution in [0.5, 0.6) is 0 Å². The number of nitrogens with one attached hydrogen (secondary N) is 2. The molecule has 2 unspecified atom stereocenters. The molecule has 2 atom stereocenters. The maximum Gasteiger partial charge on any atom is 0.0865 e. The number of hydrogen-bond acceptors (Lipinski definition) is 3. The van der Waals surface area contributed by atoms with E-state index in [0.717, 1.165) is 19.4 Å². The van der Waals surface area contributed by atoms with E-state index in [-0.39, 0.29) is 12.1 Å². The Balaban J connectivity index is 1.84. The lowest BCUT2D eigenvalue weighted by molar-refractivity contribution is 0.143. The molecule has 3 N–H and O–H groups in total. The van der Waals surface area contributed by atoms with Gasteiger partial charge in [-0.05, 0) is 36.9 Å². The van der Waals surface area contributed by atoms with Crippen LogP contribution in [-0.4, -0.2) is 30.3 Å². The second kappa shape index (κ2) is 6.21. The summed E-state index contributed by atoms with van der Waals surface area (Å²) in [7, 11) is 0. The Kier molecular flexibility index (Phi) is 4.61. The van der Waals surface area contributed by atoms with E-state index in [0.29, 0.717) is 12.5 Å². The summed E-state index contributed by atoms with van der Waals surface area (Å²) in [6.45, 7) is 5.97. The van der Waals surface area contributed by atoms with Crippen molar-refractivity contribution in [2.75, 3.05) is 18.4 Å². The first-order valence-electron chi connectivity index (χ1n) is 6.90. The van der Waals surface area contributed by atoms with E-state index in [1.165, 1.54) is 11.3 Å². The molecule has 0 saturated carbocycles. The van der Waals surface area contributed by atoms with Crippen molar-refractivity contribution in [1.82, 2.24) is 5.32 Å². The molecule has 1 aromatic rings. The van der Waals surface area contributed by atoms with Crippen LogP contribution < -0.4 is 10.6 Å². The fraction of sp³-hybridized carbons (Fsp3) is 0.600.